The number of pyridine rings is 1. The first-order valence-corrected chi connectivity index (χ1v) is 16.6. The number of carbonyl (C=O) groups is 3. The molecule has 266 valence electrons. The number of nitrogens with two attached hydrogens (primary N) is 1. The largest absolute Gasteiger partial charge is 0.493 e. The number of hydrogen-bond donors (Lipinski definition) is 4. The summed E-state index contributed by atoms with van der Waals surface area (Å²) >= 11 is 0. The Hall–Kier alpha value is -5.14. The summed E-state index contributed by atoms with van der Waals surface area (Å²) in [5, 5.41) is 9.10. The summed E-state index contributed by atoms with van der Waals surface area (Å²) in [6, 6.07) is 16.2. The lowest BCUT2D eigenvalue weighted by atomic mass is 10.0. The molecule has 0 spiro atoms. The highest BCUT2D eigenvalue weighted by molar-refractivity contribution is 6.16. The second-order valence-corrected chi connectivity index (χ2v) is 11.9. The molecule has 1 aliphatic rings. The number of rotatable bonds is 15. The van der Waals surface area contributed by atoms with Gasteiger partial charge in [-0.05, 0) is 87.3 Å². The van der Waals surface area contributed by atoms with Gasteiger partial charge in [0.2, 0.25) is 11.8 Å². The molecule has 1 atom stereocenters. The molecule has 0 aliphatic heterocycles. The number of anilines is 2. The van der Waals surface area contributed by atoms with E-state index in [0.717, 1.165) is 6.07 Å². The molecule has 0 saturated heterocycles. The number of amides is 2. The average molecular weight is 692 g/mol. The van der Waals surface area contributed by atoms with Gasteiger partial charge in [-0.15, -0.1) is 0 Å². The number of aromatic nitrogens is 1. The van der Waals surface area contributed by atoms with Crippen LogP contribution in [0.1, 0.15) is 46.5 Å². The quantitative estimate of drug-likeness (QED) is 0.0637. The maximum Gasteiger partial charge on any atom is 0.320 e. The molecule has 1 heterocycles. The van der Waals surface area contributed by atoms with Crippen LogP contribution in [0.25, 0.3) is 10.9 Å². The van der Waals surface area contributed by atoms with Gasteiger partial charge in [-0.25, -0.2) is 8.78 Å². The molecular weight excluding hydrogens is 648 g/mol. The van der Waals surface area contributed by atoms with Crippen LogP contribution in [-0.4, -0.2) is 55.1 Å². The van der Waals surface area contributed by atoms with Gasteiger partial charge in [0.15, 0.2) is 11.6 Å². The molecule has 1 unspecified atom stereocenters. The molecule has 0 bridgehead atoms. The minimum Gasteiger partial charge on any atom is -0.493 e. The summed E-state index contributed by atoms with van der Waals surface area (Å²) in [7, 11) is 0. The van der Waals surface area contributed by atoms with Crippen LogP contribution in [0.3, 0.4) is 0 Å². The van der Waals surface area contributed by atoms with Crippen molar-refractivity contribution in [3.8, 4) is 17.2 Å². The molecule has 1 aromatic heterocycles. The van der Waals surface area contributed by atoms with E-state index in [1.165, 1.54) is 42.8 Å². The molecule has 50 heavy (non-hydrogen) atoms. The first-order valence-electron chi connectivity index (χ1n) is 16.6. The van der Waals surface area contributed by atoms with Gasteiger partial charge in [0, 0.05) is 41.6 Å². The van der Waals surface area contributed by atoms with E-state index in [4.69, 9.17) is 19.9 Å². The zero-order chi connectivity index (χ0) is 36.1. The van der Waals surface area contributed by atoms with E-state index in [2.05, 4.69) is 34.8 Å². The van der Waals surface area contributed by atoms with Crippen molar-refractivity contribution in [2.75, 3.05) is 36.9 Å². The fourth-order valence-electron chi connectivity index (χ4n) is 4.78. The first-order chi connectivity index (χ1) is 24.1. The van der Waals surface area contributed by atoms with Crippen LogP contribution in [0, 0.1) is 17.0 Å². The number of benzene rings is 3. The van der Waals surface area contributed by atoms with Crippen LogP contribution in [0.15, 0.2) is 72.9 Å². The van der Waals surface area contributed by atoms with Crippen molar-refractivity contribution in [1.82, 2.24) is 10.3 Å². The van der Waals surface area contributed by atoms with E-state index in [-0.39, 0.29) is 24.1 Å². The fraction of sp³-hybridized carbons (Fsp3) is 0.351. The highest BCUT2D eigenvalue weighted by Gasteiger charge is 2.56. The molecule has 0 radical (unpaired) electrons. The zero-order valence-electron chi connectivity index (χ0n) is 28.4. The highest BCUT2D eigenvalue weighted by Crippen LogP contribution is 2.47. The minimum absolute atomic E-state index is 0.0642. The summed E-state index contributed by atoms with van der Waals surface area (Å²) in [5.41, 5.74) is 5.09. The summed E-state index contributed by atoms with van der Waals surface area (Å²) in [5.74, 6) is -1.74. The molecule has 4 aromatic rings. The topological polar surface area (TPSA) is 154 Å². The van der Waals surface area contributed by atoms with Crippen molar-refractivity contribution >= 4 is 40.1 Å². The lowest BCUT2D eigenvalue weighted by Crippen LogP contribution is -2.35. The van der Waals surface area contributed by atoms with Crippen LogP contribution in [0.2, 0.25) is 0 Å². The van der Waals surface area contributed by atoms with Gasteiger partial charge in [0.05, 0.1) is 18.7 Å². The average Bonchev–Trinajstić information content (AvgIpc) is 3.91. The van der Waals surface area contributed by atoms with Crippen LogP contribution >= 0.6 is 0 Å². The normalized spacial score (nSPS) is 13.3. The van der Waals surface area contributed by atoms with Gasteiger partial charge < -0.3 is 35.9 Å². The van der Waals surface area contributed by atoms with Crippen LogP contribution in [-0.2, 0) is 19.1 Å². The number of nitrogens with zero attached hydrogens (tertiary/aromatic N) is 1. The van der Waals surface area contributed by atoms with E-state index < -0.39 is 34.8 Å². The standard InChI is InChI=1S/C34H35F2N5O6.C3H8/c1-21(46-31(42)19-37)20-38-14-2-16-45-25-8-9-26-28(18-25)39-15-11-29(26)47-30-10-7-24(17-27(30)36)41-33(44)34(12-13-34)32(43)40-23-5-3-22(35)4-6-23;1-3-2/h3-11,15,17-18,21,38H,2,12-14,16,19-20,37H2,1H3,(H,40,43)(H,41,44);3H2,1-2H3. The molecule has 11 nitrogen and oxygen atoms in total. The smallest absolute Gasteiger partial charge is 0.320 e. The highest BCUT2D eigenvalue weighted by atomic mass is 19.1. The molecule has 1 saturated carbocycles. The first kappa shape index (κ1) is 37.7. The van der Waals surface area contributed by atoms with Crippen LogP contribution < -0.4 is 31.2 Å². The number of nitrogens with one attached hydrogen (secondary N) is 3. The maximum atomic E-state index is 15.1. The van der Waals surface area contributed by atoms with Crippen molar-refractivity contribution in [2.24, 2.45) is 11.1 Å². The number of ether oxygens (including phenoxy) is 3. The van der Waals surface area contributed by atoms with E-state index in [9.17, 15) is 18.8 Å². The molecule has 1 aliphatic carbocycles. The van der Waals surface area contributed by atoms with E-state index >= 15 is 4.39 Å². The third-order valence-electron chi connectivity index (χ3n) is 7.50. The van der Waals surface area contributed by atoms with E-state index in [1.807, 2.05) is 0 Å². The molecular formula is C37H43F2N5O6. The lowest BCUT2D eigenvalue weighted by molar-refractivity contribution is -0.146. The lowest BCUT2D eigenvalue weighted by Gasteiger charge is -2.16. The Morgan fingerprint density at radius 3 is 2.26 bits per heavy atom. The maximum absolute atomic E-state index is 15.1. The van der Waals surface area contributed by atoms with Gasteiger partial charge >= 0.3 is 5.97 Å². The monoisotopic (exact) mass is 691 g/mol. The zero-order valence-corrected chi connectivity index (χ0v) is 28.4. The molecule has 5 rings (SSSR count). The van der Waals surface area contributed by atoms with Crippen molar-refractivity contribution in [1.29, 1.82) is 0 Å². The van der Waals surface area contributed by atoms with Crippen molar-refractivity contribution in [2.45, 2.75) is 52.6 Å². The SMILES string of the molecule is CC(CNCCCOc1ccc2c(Oc3ccc(NC(=O)C4(C(=O)Nc5ccc(F)cc5)CC4)cc3F)ccnc2c1)OC(=O)CN.CCC. The van der Waals surface area contributed by atoms with Gasteiger partial charge in [0.25, 0.3) is 0 Å². The molecule has 3 aromatic carbocycles. The third-order valence-corrected chi connectivity index (χ3v) is 7.50. The second kappa shape index (κ2) is 18.0. The van der Waals surface area contributed by atoms with Gasteiger partial charge in [-0.2, -0.15) is 0 Å². The van der Waals surface area contributed by atoms with Gasteiger partial charge in [-0.3, -0.25) is 19.4 Å². The van der Waals surface area contributed by atoms with E-state index in [1.54, 1.807) is 37.4 Å². The minimum atomic E-state index is -1.28. The molecule has 2 amide bonds. The number of hydrogen-bond acceptors (Lipinski definition) is 9. The predicted molar refractivity (Wildman–Crippen MR) is 187 cm³/mol. The Balaban J connectivity index is 0.00000181. The Kier molecular flexibility index (Phi) is 13.6. The van der Waals surface area contributed by atoms with Crippen molar-refractivity contribution in [3.63, 3.8) is 0 Å². The Morgan fingerprint density at radius 1 is 0.920 bits per heavy atom. The molecule has 1 fully saturated rings. The Bertz CT molecular complexity index is 1770. The van der Waals surface area contributed by atoms with Gasteiger partial charge in [-0.1, -0.05) is 20.3 Å². The van der Waals surface area contributed by atoms with Gasteiger partial charge in [0.1, 0.15) is 28.8 Å². The van der Waals surface area contributed by atoms with Crippen LogP contribution in [0.4, 0.5) is 20.2 Å². The number of esters is 1. The Labute approximate surface area is 289 Å². The number of halogens is 2. The number of carbonyl (C=O) groups excluding carboxylic acids is 3. The summed E-state index contributed by atoms with van der Waals surface area (Å²) in [6.45, 7) is 7.50. The van der Waals surface area contributed by atoms with Crippen molar-refractivity contribution in [3.05, 3.63) is 84.6 Å². The summed E-state index contributed by atoms with van der Waals surface area (Å²) < 4.78 is 45.1. The summed E-state index contributed by atoms with van der Waals surface area (Å²) in [6.07, 6.45) is 3.90. The third kappa shape index (κ3) is 10.4. The van der Waals surface area contributed by atoms with Crippen molar-refractivity contribution < 1.29 is 37.4 Å². The summed E-state index contributed by atoms with van der Waals surface area (Å²) in [4.78, 5) is 41.4. The predicted octanol–water partition coefficient (Wildman–Crippen LogP) is 6.33. The number of fused-ring (bicyclic) bond motifs is 1. The molecule has 5 N–H and O–H groups in total. The van der Waals surface area contributed by atoms with Crippen LogP contribution in [0.5, 0.6) is 17.2 Å². The fourth-order valence-corrected chi connectivity index (χ4v) is 4.78. The second-order valence-electron chi connectivity index (χ2n) is 11.9. The van der Waals surface area contributed by atoms with E-state index in [0.29, 0.717) is 67.0 Å². The Morgan fingerprint density at radius 2 is 1.60 bits per heavy atom. The molecule has 13 heteroatoms.